The molecule has 1 aromatic rings. The first-order valence-corrected chi connectivity index (χ1v) is 6.26. The third-order valence-corrected chi connectivity index (χ3v) is 3.02. The predicted molar refractivity (Wildman–Crippen MR) is 69.8 cm³/mol. The average Bonchev–Trinajstić information content (AvgIpc) is 2.67. The van der Waals surface area contributed by atoms with Crippen LogP contribution in [0.15, 0.2) is 12.4 Å². The van der Waals surface area contributed by atoms with Crippen LogP contribution in [0.4, 0.5) is 5.69 Å². The van der Waals surface area contributed by atoms with Crippen LogP contribution in [0.25, 0.3) is 0 Å². The second-order valence-corrected chi connectivity index (χ2v) is 5.41. The van der Waals surface area contributed by atoms with E-state index in [1.165, 1.54) is 12.8 Å². The fourth-order valence-electron chi connectivity index (χ4n) is 1.62. The molecule has 0 aliphatic carbocycles. The lowest BCUT2D eigenvalue weighted by Gasteiger charge is -2.18. The van der Waals surface area contributed by atoms with E-state index >= 15 is 0 Å². The molecule has 0 aliphatic heterocycles. The van der Waals surface area contributed by atoms with Crippen LogP contribution in [0.3, 0.4) is 0 Å². The van der Waals surface area contributed by atoms with E-state index in [4.69, 9.17) is 0 Å². The van der Waals surface area contributed by atoms with E-state index in [-0.39, 0.29) is 5.54 Å². The minimum Gasteiger partial charge on any atom is -0.382 e. The number of anilines is 1. The molecule has 1 rings (SSSR count). The highest BCUT2D eigenvalue weighted by molar-refractivity contribution is 5.38. The summed E-state index contributed by atoms with van der Waals surface area (Å²) in [5.41, 5.74) is 1.19. The van der Waals surface area contributed by atoms with Gasteiger partial charge in [-0.1, -0.05) is 26.7 Å². The summed E-state index contributed by atoms with van der Waals surface area (Å²) in [7, 11) is 0. The van der Waals surface area contributed by atoms with Crippen molar-refractivity contribution in [3.8, 4) is 0 Å². The first kappa shape index (κ1) is 13.1. The maximum absolute atomic E-state index is 4.37. The Balaban J connectivity index is 2.53. The standard InChI is InChI=1S/C13H25N3/c1-6-11(7-2)8-14-12-9-15-16(10-12)13(3,4)5/h9-11,14H,6-8H2,1-5H3. The molecule has 0 aromatic carbocycles. The Hall–Kier alpha value is -0.990. The van der Waals surface area contributed by atoms with E-state index in [9.17, 15) is 0 Å². The Morgan fingerprint density at radius 3 is 2.38 bits per heavy atom. The first-order chi connectivity index (χ1) is 7.47. The molecule has 3 heteroatoms. The summed E-state index contributed by atoms with van der Waals surface area (Å²) in [6.45, 7) is 12.0. The molecule has 0 unspecified atom stereocenters. The molecule has 0 fully saturated rings. The Morgan fingerprint density at radius 1 is 1.31 bits per heavy atom. The summed E-state index contributed by atoms with van der Waals surface area (Å²) < 4.78 is 2.00. The number of hydrogen-bond donors (Lipinski definition) is 1. The zero-order chi connectivity index (χ0) is 12.2. The fourth-order valence-corrected chi connectivity index (χ4v) is 1.62. The highest BCUT2D eigenvalue weighted by Crippen LogP contribution is 2.16. The van der Waals surface area contributed by atoms with Crippen molar-refractivity contribution in [1.82, 2.24) is 9.78 Å². The number of aromatic nitrogens is 2. The quantitative estimate of drug-likeness (QED) is 0.828. The van der Waals surface area contributed by atoms with Crippen LogP contribution < -0.4 is 5.32 Å². The molecule has 3 nitrogen and oxygen atoms in total. The van der Waals surface area contributed by atoms with Crippen LogP contribution in [0.2, 0.25) is 0 Å². The van der Waals surface area contributed by atoms with Crippen molar-refractivity contribution in [2.45, 2.75) is 53.0 Å². The average molecular weight is 223 g/mol. The lowest BCUT2D eigenvalue weighted by atomic mass is 10.0. The van der Waals surface area contributed by atoms with Crippen LogP contribution in [-0.2, 0) is 5.54 Å². The fraction of sp³-hybridized carbons (Fsp3) is 0.769. The summed E-state index contributed by atoms with van der Waals surface area (Å²) >= 11 is 0. The molecule has 1 heterocycles. The van der Waals surface area contributed by atoms with Crippen molar-refractivity contribution in [3.05, 3.63) is 12.4 Å². The van der Waals surface area contributed by atoms with Crippen molar-refractivity contribution in [2.24, 2.45) is 5.92 Å². The van der Waals surface area contributed by atoms with E-state index in [1.54, 1.807) is 0 Å². The van der Waals surface area contributed by atoms with Crippen LogP contribution >= 0.6 is 0 Å². The Morgan fingerprint density at radius 2 is 1.94 bits per heavy atom. The van der Waals surface area contributed by atoms with E-state index in [2.05, 4.69) is 51.2 Å². The van der Waals surface area contributed by atoms with Crippen LogP contribution in [-0.4, -0.2) is 16.3 Å². The molecule has 0 bridgehead atoms. The number of hydrogen-bond acceptors (Lipinski definition) is 2. The zero-order valence-corrected chi connectivity index (χ0v) is 11.2. The van der Waals surface area contributed by atoms with Gasteiger partial charge in [-0.25, -0.2) is 0 Å². The van der Waals surface area contributed by atoms with Gasteiger partial charge in [0.2, 0.25) is 0 Å². The van der Waals surface area contributed by atoms with Gasteiger partial charge in [-0.2, -0.15) is 5.10 Å². The summed E-state index contributed by atoms with van der Waals surface area (Å²) in [5.74, 6) is 0.762. The monoisotopic (exact) mass is 223 g/mol. The van der Waals surface area contributed by atoms with Crippen molar-refractivity contribution in [3.63, 3.8) is 0 Å². The van der Waals surface area contributed by atoms with E-state index < -0.39 is 0 Å². The van der Waals surface area contributed by atoms with Gasteiger partial charge in [0, 0.05) is 12.7 Å². The molecule has 0 amide bonds. The smallest absolute Gasteiger partial charge is 0.0726 e. The zero-order valence-electron chi connectivity index (χ0n) is 11.2. The van der Waals surface area contributed by atoms with Crippen molar-refractivity contribution >= 4 is 5.69 Å². The molecule has 92 valence electrons. The summed E-state index contributed by atoms with van der Waals surface area (Å²) in [6.07, 6.45) is 6.46. The van der Waals surface area contributed by atoms with Crippen molar-refractivity contribution in [1.29, 1.82) is 0 Å². The molecule has 0 atom stereocenters. The second kappa shape index (κ2) is 5.37. The topological polar surface area (TPSA) is 29.9 Å². The molecule has 0 saturated heterocycles. The minimum absolute atomic E-state index is 0.0643. The van der Waals surface area contributed by atoms with Crippen molar-refractivity contribution in [2.75, 3.05) is 11.9 Å². The van der Waals surface area contributed by atoms with Crippen molar-refractivity contribution < 1.29 is 0 Å². The van der Waals surface area contributed by atoms with E-state index in [0.29, 0.717) is 0 Å². The lowest BCUT2D eigenvalue weighted by molar-refractivity contribution is 0.355. The third-order valence-electron chi connectivity index (χ3n) is 3.02. The molecule has 0 saturated carbocycles. The summed E-state index contributed by atoms with van der Waals surface area (Å²) in [6, 6.07) is 0. The second-order valence-electron chi connectivity index (χ2n) is 5.41. The van der Waals surface area contributed by atoms with Crippen LogP contribution in [0, 0.1) is 5.92 Å². The molecule has 1 aromatic heterocycles. The largest absolute Gasteiger partial charge is 0.382 e. The van der Waals surface area contributed by atoms with Crippen LogP contribution in [0.5, 0.6) is 0 Å². The summed E-state index contributed by atoms with van der Waals surface area (Å²) in [5, 5.41) is 7.83. The number of rotatable bonds is 5. The summed E-state index contributed by atoms with van der Waals surface area (Å²) in [4.78, 5) is 0. The van der Waals surface area contributed by atoms with Gasteiger partial charge in [0.1, 0.15) is 0 Å². The van der Waals surface area contributed by atoms with E-state index in [0.717, 1.165) is 18.2 Å². The van der Waals surface area contributed by atoms with Gasteiger partial charge in [-0.3, -0.25) is 4.68 Å². The van der Waals surface area contributed by atoms with Crippen LogP contribution in [0.1, 0.15) is 47.5 Å². The van der Waals surface area contributed by atoms with Gasteiger partial charge in [0.25, 0.3) is 0 Å². The molecule has 0 radical (unpaired) electrons. The molecule has 0 aliphatic rings. The first-order valence-electron chi connectivity index (χ1n) is 6.26. The highest BCUT2D eigenvalue weighted by atomic mass is 15.3. The maximum atomic E-state index is 4.37. The molecule has 16 heavy (non-hydrogen) atoms. The lowest BCUT2D eigenvalue weighted by Crippen LogP contribution is -2.22. The normalized spacial score (nSPS) is 12.1. The highest BCUT2D eigenvalue weighted by Gasteiger charge is 2.14. The van der Waals surface area contributed by atoms with Gasteiger partial charge >= 0.3 is 0 Å². The number of nitrogens with zero attached hydrogens (tertiary/aromatic N) is 2. The molecule has 1 N–H and O–H groups in total. The Kier molecular flexibility index (Phi) is 4.39. The predicted octanol–water partition coefficient (Wildman–Crippen LogP) is 3.49. The van der Waals surface area contributed by atoms with Gasteiger partial charge in [-0.15, -0.1) is 0 Å². The molecular weight excluding hydrogens is 198 g/mol. The SMILES string of the molecule is CCC(CC)CNc1cnn(C(C)(C)C)c1. The van der Waals surface area contributed by atoms with Gasteiger partial charge in [0.15, 0.2) is 0 Å². The minimum atomic E-state index is 0.0643. The molecular formula is C13H25N3. The Bertz CT molecular complexity index is 305. The molecule has 0 spiro atoms. The van der Waals surface area contributed by atoms with Gasteiger partial charge < -0.3 is 5.32 Å². The van der Waals surface area contributed by atoms with Gasteiger partial charge in [0.05, 0.1) is 17.4 Å². The number of nitrogens with one attached hydrogen (secondary N) is 1. The maximum Gasteiger partial charge on any atom is 0.0726 e. The third kappa shape index (κ3) is 3.54. The Labute approximate surface area is 99.2 Å². The van der Waals surface area contributed by atoms with E-state index in [1.807, 2.05) is 10.9 Å². The van der Waals surface area contributed by atoms with Gasteiger partial charge in [-0.05, 0) is 26.7 Å².